The topological polar surface area (TPSA) is 20.3 Å². The van der Waals surface area contributed by atoms with Gasteiger partial charge in [0.15, 0.2) is 0 Å². The van der Waals surface area contributed by atoms with Crippen LogP contribution in [0, 0.1) is 0 Å². The van der Waals surface area contributed by atoms with Crippen molar-refractivity contribution in [1.29, 1.82) is 0 Å². The Morgan fingerprint density at radius 3 is 2.65 bits per heavy atom. The molecule has 1 atom stereocenters. The van der Waals surface area contributed by atoms with E-state index < -0.39 is 0 Å². The van der Waals surface area contributed by atoms with E-state index in [1.165, 1.54) is 28.1 Å². The number of thioether (sulfide) groups is 1. The van der Waals surface area contributed by atoms with Crippen molar-refractivity contribution in [2.75, 3.05) is 12.8 Å². The largest absolute Gasteiger partial charge is 0.329 e. The van der Waals surface area contributed by atoms with Crippen molar-refractivity contribution in [3.05, 3.63) is 48.0 Å². The Kier molecular flexibility index (Phi) is 2.56. The van der Waals surface area contributed by atoms with E-state index in [2.05, 4.69) is 30.3 Å². The van der Waals surface area contributed by atoms with Crippen molar-refractivity contribution >= 4 is 27.8 Å². The molecule has 86 valence electrons. The quantitative estimate of drug-likeness (QED) is 0.761. The number of fused-ring (bicyclic) bond motifs is 1. The van der Waals surface area contributed by atoms with Crippen LogP contribution in [0.3, 0.4) is 0 Å². The maximum atomic E-state index is 11.5. The Bertz CT molecular complexity index is 581. The van der Waals surface area contributed by atoms with Gasteiger partial charge in [0.05, 0.1) is 6.04 Å². The van der Waals surface area contributed by atoms with E-state index in [1.807, 2.05) is 24.1 Å². The SMILES string of the molecule is CN1C(=O)SCC1c1ccc2ccccc2c1. The molecule has 1 aliphatic rings. The van der Waals surface area contributed by atoms with Crippen LogP contribution in [-0.4, -0.2) is 22.9 Å². The highest BCUT2D eigenvalue weighted by Crippen LogP contribution is 2.34. The minimum atomic E-state index is 0.170. The molecule has 3 rings (SSSR count). The summed E-state index contributed by atoms with van der Waals surface area (Å²) in [4.78, 5) is 13.3. The molecule has 2 aromatic rings. The average molecular weight is 243 g/mol. The van der Waals surface area contributed by atoms with Gasteiger partial charge in [-0.2, -0.15) is 0 Å². The van der Waals surface area contributed by atoms with Crippen LogP contribution in [-0.2, 0) is 0 Å². The van der Waals surface area contributed by atoms with Gasteiger partial charge in [-0.15, -0.1) is 0 Å². The molecule has 1 heterocycles. The summed E-state index contributed by atoms with van der Waals surface area (Å²) in [5.41, 5.74) is 1.23. The van der Waals surface area contributed by atoms with Crippen LogP contribution in [0.4, 0.5) is 4.79 Å². The monoisotopic (exact) mass is 243 g/mol. The highest BCUT2D eigenvalue weighted by atomic mass is 32.2. The molecule has 0 aliphatic carbocycles. The third-order valence-electron chi connectivity index (χ3n) is 3.28. The Labute approximate surface area is 105 Å². The second-order valence-corrected chi connectivity index (χ2v) is 5.28. The molecule has 1 saturated heterocycles. The maximum Gasteiger partial charge on any atom is 0.282 e. The van der Waals surface area contributed by atoms with Crippen LogP contribution >= 0.6 is 11.8 Å². The molecule has 1 aliphatic heterocycles. The van der Waals surface area contributed by atoms with Crippen LogP contribution in [0.25, 0.3) is 10.8 Å². The summed E-state index contributed by atoms with van der Waals surface area (Å²) >= 11 is 1.40. The normalized spacial score (nSPS) is 20.2. The zero-order chi connectivity index (χ0) is 11.8. The lowest BCUT2D eigenvalue weighted by Gasteiger charge is -2.19. The summed E-state index contributed by atoms with van der Waals surface area (Å²) in [6.07, 6.45) is 0. The molecule has 1 unspecified atom stereocenters. The van der Waals surface area contributed by atoms with E-state index in [4.69, 9.17) is 0 Å². The molecule has 0 radical (unpaired) electrons. The second kappa shape index (κ2) is 4.08. The lowest BCUT2D eigenvalue weighted by Crippen LogP contribution is -2.21. The fourth-order valence-electron chi connectivity index (χ4n) is 2.23. The van der Waals surface area contributed by atoms with E-state index in [0.717, 1.165) is 5.75 Å². The predicted molar refractivity (Wildman–Crippen MR) is 72.3 cm³/mol. The van der Waals surface area contributed by atoms with Crippen LogP contribution in [0.1, 0.15) is 11.6 Å². The fourth-order valence-corrected chi connectivity index (χ4v) is 3.27. The summed E-state index contributed by atoms with van der Waals surface area (Å²) in [6, 6.07) is 15.0. The van der Waals surface area contributed by atoms with Gasteiger partial charge < -0.3 is 4.90 Å². The van der Waals surface area contributed by atoms with Gasteiger partial charge in [0, 0.05) is 12.8 Å². The van der Waals surface area contributed by atoms with Crippen molar-refractivity contribution in [3.8, 4) is 0 Å². The van der Waals surface area contributed by atoms with Crippen LogP contribution in [0.2, 0.25) is 0 Å². The molecule has 0 N–H and O–H groups in total. The first-order valence-electron chi connectivity index (χ1n) is 5.64. The molecule has 2 aromatic carbocycles. The molecule has 1 amide bonds. The number of hydrogen-bond acceptors (Lipinski definition) is 2. The first kappa shape index (κ1) is 10.7. The van der Waals surface area contributed by atoms with Gasteiger partial charge in [0.1, 0.15) is 0 Å². The van der Waals surface area contributed by atoms with Gasteiger partial charge in [-0.25, -0.2) is 0 Å². The lowest BCUT2D eigenvalue weighted by molar-refractivity contribution is 0.226. The molecule has 0 spiro atoms. The van der Waals surface area contributed by atoms with Crippen molar-refractivity contribution in [3.63, 3.8) is 0 Å². The van der Waals surface area contributed by atoms with E-state index in [9.17, 15) is 4.79 Å². The van der Waals surface area contributed by atoms with E-state index in [0.29, 0.717) is 0 Å². The van der Waals surface area contributed by atoms with Gasteiger partial charge in [-0.1, -0.05) is 48.2 Å². The lowest BCUT2D eigenvalue weighted by atomic mass is 10.0. The minimum absolute atomic E-state index is 0.170. The van der Waals surface area contributed by atoms with Crippen molar-refractivity contribution < 1.29 is 4.79 Å². The Morgan fingerprint density at radius 2 is 1.94 bits per heavy atom. The van der Waals surface area contributed by atoms with Gasteiger partial charge in [-0.3, -0.25) is 4.79 Å². The van der Waals surface area contributed by atoms with Gasteiger partial charge >= 0.3 is 0 Å². The average Bonchev–Trinajstić information content (AvgIpc) is 2.70. The third-order valence-corrected chi connectivity index (χ3v) is 4.30. The first-order valence-corrected chi connectivity index (χ1v) is 6.62. The van der Waals surface area contributed by atoms with Crippen LogP contribution < -0.4 is 0 Å². The molecular formula is C14H13NOS. The van der Waals surface area contributed by atoms with Crippen LogP contribution in [0.5, 0.6) is 0 Å². The Morgan fingerprint density at radius 1 is 1.18 bits per heavy atom. The van der Waals surface area contributed by atoms with Gasteiger partial charge in [-0.05, 0) is 22.4 Å². The first-order chi connectivity index (χ1) is 8.25. The molecule has 3 heteroatoms. The molecule has 0 aromatic heterocycles. The predicted octanol–water partition coefficient (Wildman–Crippen LogP) is 3.68. The maximum absolute atomic E-state index is 11.5. The summed E-state index contributed by atoms with van der Waals surface area (Å²) in [5.74, 6) is 0.855. The summed E-state index contributed by atoms with van der Waals surface area (Å²) in [5, 5.41) is 2.65. The summed E-state index contributed by atoms with van der Waals surface area (Å²) in [7, 11) is 1.88. The van der Waals surface area contributed by atoms with Gasteiger partial charge in [0.25, 0.3) is 5.24 Å². The smallest absolute Gasteiger partial charge is 0.282 e. The van der Waals surface area contributed by atoms with Crippen LogP contribution in [0.15, 0.2) is 42.5 Å². The molecular weight excluding hydrogens is 230 g/mol. The number of benzene rings is 2. The third kappa shape index (κ3) is 1.80. The summed E-state index contributed by atoms with van der Waals surface area (Å²) < 4.78 is 0. The van der Waals surface area contributed by atoms with E-state index in [-0.39, 0.29) is 11.3 Å². The minimum Gasteiger partial charge on any atom is -0.329 e. The highest BCUT2D eigenvalue weighted by molar-refractivity contribution is 8.13. The van der Waals surface area contributed by atoms with Crippen molar-refractivity contribution in [1.82, 2.24) is 4.90 Å². The zero-order valence-electron chi connectivity index (χ0n) is 9.59. The van der Waals surface area contributed by atoms with Crippen molar-refractivity contribution in [2.24, 2.45) is 0 Å². The molecule has 2 nitrogen and oxygen atoms in total. The zero-order valence-corrected chi connectivity index (χ0v) is 10.4. The highest BCUT2D eigenvalue weighted by Gasteiger charge is 2.29. The number of carbonyl (C=O) groups is 1. The van der Waals surface area contributed by atoms with E-state index in [1.54, 1.807) is 0 Å². The molecule has 0 saturated carbocycles. The summed E-state index contributed by atoms with van der Waals surface area (Å²) in [6.45, 7) is 0. The van der Waals surface area contributed by atoms with E-state index >= 15 is 0 Å². The molecule has 1 fully saturated rings. The second-order valence-electron chi connectivity index (χ2n) is 4.31. The standard InChI is InChI=1S/C14H13NOS/c1-15-13(9-17-14(15)16)12-7-6-10-4-2-3-5-11(10)8-12/h2-8,13H,9H2,1H3. The van der Waals surface area contributed by atoms with Gasteiger partial charge in [0.2, 0.25) is 0 Å². The Hall–Kier alpha value is -1.48. The number of hydrogen-bond donors (Lipinski definition) is 0. The fraction of sp³-hybridized carbons (Fsp3) is 0.214. The molecule has 17 heavy (non-hydrogen) atoms. The number of carbonyl (C=O) groups excluding carboxylic acids is 1. The number of rotatable bonds is 1. The van der Waals surface area contributed by atoms with Crippen molar-refractivity contribution in [2.45, 2.75) is 6.04 Å². The Balaban J connectivity index is 2.04. The molecule has 0 bridgehead atoms. The number of nitrogens with zero attached hydrogens (tertiary/aromatic N) is 1. The number of amides is 1.